The zero-order valence-corrected chi connectivity index (χ0v) is 11.4. The van der Waals surface area contributed by atoms with E-state index in [0.717, 1.165) is 12.1 Å². The third-order valence-electron chi connectivity index (χ3n) is 3.07. The van der Waals surface area contributed by atoms with Gasteiger partial charge in [0.25, 0.3) is 0 Å². The summed E-state index contributed by atoms with van der Waals surface area (Å²) in [5, 5.41) is 0. The molecule has 0 N–H and O–H groups in total. The monoisotopic (exact) mass is 311 g/mol. The lowest BCUT2D eigenvalue weighted by Gasteiger charge is -2.09. The molecule has 7 heteroatoms. The highest BCUT2D eigenvalue weighted by Gasteiger charge is 2.16. The molecular formula is C14H9ClF3N3. The van der Waals surface area contributed by atoms with Crippen molar-refractivity contribution < 1.29 is 13.2 Å². The molecule has 0 saturated heterocycles. The van der Waals surface area contributed by atoms with Gasteiger partial charge in [-0.25, -0.2) is 18.2 Å². The van der Waals surface area contributed by atoms with Crippen molar-refractivity contribution in [2.45, 2.75) is 6.42 Å². The second-order valence-electron chi connectivity index (χ2n) is 4.39. The molecule has 0 aliphatic carbocycles. The van der Waals surface area contributed by atoms with Crippen LogP contribution in [0.4, 0.5) is 13.2 Å². The van der Waals surface area contributed by atoms with E-state index in [0.29, 0.717) is 29.2 Å². The van der Waals surface area contributed by atoms with Gasteiger partial charge >= 0.3 is 0 Å². The average molecular weight is 312 g/mol. The van der Waals surface area contributed by atoms with Crippen molar-refractivity contribution in [2.75, 3.05) is 5.88 Å². The van der Waals surface area contributed by atoms with Gasteiger partial charge in [0.1, 0.15) is 11.3 Å². The van der Waals surface area contributed by atoms with Crippen LogP contribution in [0.5, 0.6) is 0 Å². The highest BCUT2D eigenvalue weighted by Crippen LogP contribution is 2.24. The molecule has 3 aromatic rings. The fourth-order valence-electron chi connectivity index (χ4n) is 2.19. The van der Waals surface area contributed by atoms with Gasteiger partial charge in [-0.1, -0.05) is 0 Å². The van der Waals surface area contributed by atoms with Crippen molar-refractivity contribution in [1.82, 2.24) is 14.5 Å². The predicted octanol–water partition coefficient (Wildman–Crippen LogP) is 3.62. The topological polar surface area (TPSA) is 30.7 Å². The minimum absolute atomic E-state index is 0.153. The van der Waals surface area contributed by atoms with Crippen LogP contribution in [-0.4, -0.2) is 20.4 Å². The number of pyridine rings is 1. The fourth-order valence-corrected chi connectivity index (χ4v) is 2.36. The zero-order chi connectivity index (χ0) is 15.0. The third-order valence-corrected chi connectivity index (χ3v) is 3.26. The average Bonchev–Trinajstić information content (AvgIpc) is 2.82. The quantitative estimate of drug-likeness (QED) is 0.546. The Balaban J connectivity index is 2.30. The van der Waals surface area contributed by atoms with E-state index in [2.05, 4.69) is 9.97 Å². The number of rotatable bonds is 3. The number of nitrogens with zero attached hydrogens (tertiary/aromatic N) is 3. The number of benzene rings is 1. The summed E-state index contributed by atoms with van der Waals surface area (Å²) in [7, 11) is 0. The van der Waals surface area contributed by atoms with Crippen molar-refractivity contribution in [3.05, 3.63) is 53.9 Å². The standard InChI is InChI=1S/C14H9ClF3N3/c15-3-1-13-20-11-7-19-4-2-12(11)21(13)8-5-9(16)14(18)10(17)6-8/h2,4-7H,1,3H2. The Morgan fingerprint density at radius 3 is 2.52 bits per heavy atom. The Morgan fingerprint density at radius 2 is 1.86 bits per heavy atom. The molecule has 2 aromatic heterocycles. The number of alkyl halides is 1. The number of aryl methyl sites for hydroxylation is 1. The molecule has 0 spiro atoms. The lowest BCUT2D eigenvalue weighted by molar-refractivity contribution is 0.446. The van der Waals surface area contributed by atoms with Crippen molar-refractivity contribution in [3.63, 3.8) is 0 Å². The van der Waals surface area contributed by atoms with E-state index in [9.17, 15) is 13.2 Å². The van der Waals surface area contributed by atoms with E-state index < -0.39 is 17.5 Å². The summed E-state index contributed by atoms with van der Waals surface area (Å²) in [6, 6.07) is 3.52. The van der Waals surface area contributed by atoms with Crippen LogP contribution in [0.15, 0.2) is 30.6 Å². The van der Waals surface area contributed by atoms with Crippen molar-refractivity contribution >= 4 is 22.6 Å². The molecule has 0 amide bonds. The highest BCUT2D eigenvalue weighted by atomic mass is 35.5. The van der Waals surface area contributed by atoms with Crippen LogP contribution in [0, 0.1) is 17.5 Å². The van der Waals surface area contributed by atoms with Crippen molar-refractivity contribution in [3.8, 4) is 5.69 Å². The van der Waals surface area contributed by atoms with Gasteiger partial charge in [-0.3, -0.25) is 9.55 Å². The summed E-state index contributed by atoms with van der Waals surface area (Å²) < 4.78 is 41.6. The molecule has 0 aliphatic rings. The first-order valence-electron chi connectivity index (χ1n) is 6.14. The van der Waals surface area contributed by atoms with Crippen LogP contribution in [-0.2, 0) is 6.42 Å². The maximum Gasteiger partial charge on any atom is 0.194 e. The summed E-state index contributed by atoms with van der Waals surface area (Å²) >= 11 is 5.73. The fraction of sp³-hybridized carbons (Fsp3) is 0.143. The van der Waals surface area contributed by atoms with Crippen molar-refractivity contribution in [1.29, 1.82) is 0 Å². The SMILES string of the molecule is Fc1cc(-n2c(CCCl)nc3cnccc32)cc(F)c1F. The van der Waals surface area contributed by atoms with E-state index in [1.807, 2.05) is 0 Å². The highest BCUT2D eigenvalue weighted by molar-refractivity contribution is 6.17. The molecule has 0 unspecified atom stereocenters. The summed E-state index contributed by atoms with van der Waals surface area (Å²) in [4.78, 5) is 8.29. The number of imidazole rings is 1. The molecule has 2 heterocycles. The molecule has 0 bridgehead atoms. The van der Waals surface area contributed by atoms with Crippen molar-refractivity contribution in [2.24, 2.45) is 0 Å². The lowest BCUT2D eigenvalue weighted by atomic mass is 10.2. The molecule has 0 atom stereocenters. The Bertz CT molecular complexity index is 793. The summed E-state index contributed by atoms with van der Waals surface area (Å²) in [6.45, 7) is 0. The molecule has 0 saturated carbocycles. The minimum Gasteiger partial charge on any atom is -0.296 e. The normalized spacial score (nSPS) is 11.2. The largest absolute Gasteiger partial charge is 0.296 e. The van der Waals surface area contributed by atoms with Crippen LogP contribution < -0.4 is 0 Å². The van der Waals surface area contributed by atoms with Crippen LogP contribution >= 0.6 is 11.6 Å². The predicted molar refractivity (Wildman–Crippen MR) is 73.2 cm³/mol. The number of halogens is 4. The number of fused-ring (bicyclic) bond motifs is 1. The van der Waals surface area contributed by atoms with Gasteiger partial charge in [-0.15, -0.1) is 11.6 Å². The Kier molecular flexibility index (Phi) is 3.55. The molecular weight excluding hydrogens is 303 g/mol. The molecule has 1 aromatic carbocycles. The van der Waals surface area contributed by atoms with E-state index in [1.165, 1.54) is 0 Å². The van der Waals surface area contributed by atoms with Gasteiger partial charge in [-0.2, -0.15) is 0 Å². The second kappa shape index (κ2) is 5.37. The van der Waals surface area contributed by atoms with Gasteiger partial charge < -0.3 is 0 Å². The first-order chi connectivity index (χ1) is 10.1. The molecule has 3 nitrogen and oxygen atoms in total. The van der Waals surface area contributed by atoms with E-state index in [4.69, 9.17) is 11.6 Å². The minimum atomic E-state index is -1.50. The number of hydrogen-bond acceptors (Lipinski definition) is 2. The number of aromatic nitrogens is 3. The van der Waals surface area contributed by atoms with Gasteiger partial charge in [0, 0.05) is 30.6 Å². The Labute approximate surface area is 123 Å². The van der Waals surface area contributed by atoms with Crippen LogP contribution in [0.2, 0.25) is 0 Å². The summed E-state index contributed by atoms with van der Waals surface area (Å²) in [5.41, 5.74) is 1.35. The first kappa shape index (κ1) is 13.9. The lowest BCUT2D eigenvalue weighted by Crippen LogP contribution is -2.04. The van der Waals surface area contributed by atoms with Gasteiger partial charge in [0.15, 0.2) is 17.5 Å². The van der Waals surface area contributed by atoms with Gasteiger partial charge in [-0.05, 0) is 6.07 Å². The molecule has 0 aliphatic heterocycles. The Hall–Kier alpha value is -2.08. The summed E-state index contributed by atoms with van der Waals surface area (Å²) in [6.07, 6.45) is 3.48. The molecule has 108 valence electrons. The maximum absolute atomic E-state index is 13.5. The Morgan fingerprint density at radius 1 is 1.14 bits per heavy atom. The van der Waals surface area contributed by atoms with E-state index in [-0.39, 0.29) is 5.69 Å². The second-order valence-corrected chi connectivity index (χ2v) is 4.77. The maximum atomic E-state index is 13.5. The van der Waals surface area contributed by atoms with Crippen LogP contribution in [0.3, 0.4) is 0 Å². The molecule has 0 fully saturated rings. The van der Waals surface area contributed by atoms with Crippen LogP contribution in [0.1, 0.15) is 5.82 Å². The number of hydrogen-bond donors (Lipinski definition) is 0. The van der Waals surface area contributed by atoms with E-state index >= 15 is 0 Å². The third kappa shape index (κ3) is 2.35. The summed E-state index contributed by atoms with van der Waals surface area (Å²) in [5.74, 6) is -3.18. The van der Waals surface area contributed by atoms with Gasteiger partial charge in [0.05, 0.1) is 17.4 Å². The van der Waals surface area contributed by atoms with Crippen LogP contribution in [0.25, 0.3) is 16.7 Å². The first-order valence-corrected chi connectivity index (χ1v) is 6.67. The smallest absolute Gasteiger partial charge is 0.194 e. The van der Waals surface area contributed by atoms with Gasteiger partial charge in [0.2, 0.25) is 0 Å². The zero-order valence-electron chi connectivity index (χ0n) is 10.7. The van der Waals surface area contributed by atoms with E-state index in [1.54, 1.807) is 23.0 Å². The molecule has 21 heavy (non-hydrogen) atoms. The molecule has 0 radical (unpaired) electrons. The molecule has 3 rings (SSSR count).